The van der Waals surface area contributed by atoms with E-state index < -0.39 is 10.5 Å². The summed E-state index contributed by atoms with van der Waals surface area (Å²) in [6, 6.07) is 5.51. The van der Waals surface area contributed by atoms with Crippen LogP contribution in [-0.2, 0) is 5.54 Å². The third kappa shape index (κ3) is 2.92. The molecule has 1 amide bonds. The summed E-state index contributed by atoms with van der Waals surface area (Å²) in [6.45, 7) is 1.71. The lowest BCUT2D eigenvalue weighted by Gasteiger charge is -2.26. The van der Waals surface area contributed by atoms with E-state index in [1.807, 2.05) is 0 Å². The van der Waals surface area contributed by atoms with Gasteiger partial charge in [0.05, 0.1) is 4.92 Å². The van der Waals surface area contributed by atoms with E-state index in [0.717, 1.165) is 25.7 Å². The minimum Gasteiger partial charge on any atom is -0.340 e. The van der Waals surface area contributed by atoms with Gasteiger partial charge in [-0.25, -0.2) is 0 Å². The number of hydrogen-bond donors (Lipinski definition) is 1. The van der Waals surface area contributed by atoms with Gasteiger partial charge >= 0.3 is 0 Å². The van der Waals surface area contributed by atoms with Crippen LogP contribution in [0.1, 0.15) is 47.8 Å². The third-order valence-corrected chi connectivity index (χ3v) is 4.11. The molecule has 0 atom stereocenters. The van der Waals surface area contributed by atoms with E-state index in [0.29, 0.717) is 17.3 Å². The first-order valence-corrected chi connectivity index (χ1v) is 7.38. The lowest BCUT2D eigenvalue weighted by Crippen LogP contribution is -2.44. The lowest BCUT2D eigenvalue weighted by molar-refractivity contribution is -0.384. The van der Waals surface area contributed by atoms with E-state index >= 15 is 0 Å². The number of nitrogens with zero attached hydrogens (tertiary/aromatic N) is 3. The summed E-state index contributed by atoms with van der Waals surface area (Å²) < 4.78 is 5.04. The van der Waals surface area contributed by atoms with Crippen LogP contribution < -0.4 is 5.32 Å². The molecule has 0 unspecified atom stereocenters. The minimum absolute atomic E-state index is 0.0501. The second-order valence-corrected chi connectivity index (χ2v) is 5.68. The fourth-order valence-electron chi connectivity index (χ4n) is 2.90. The summed E-state index contributed by atoms with van der Waals surface area (Å²) in [7, 11) is 0. The van der Waals surface area contributed by atoms with E-state index in [2.05, 4.69) is 15.5 Å². The number of carbonyl (C=O) groups excluding carboxylic acids is 1. The molecule has 8 heteroatoms. The first-order valence-electron chi connectivity index (χ1n) is 7.38. The van der Waals surface area contributed by atoms with Crippen molar-refractivity contribution in [1.82, 2.24) is 15.5 Å². The van der Waals surface area contributed by atoms with E-state index in [-0.39, 0.29) is 11.6 Å². The molecule has 0 bridgehead atoms. The van der Waals surface area contributed by atoms with E-state index in [1.165, 1.54) is 24.3 Å². The highest BCUT2D eigenvalue weighted by Crippen LogP contribution is 2.37. The van der Waals surface area contributed by atoms with Crippen LogP contribution in [0.15, 0.2) is 28.8 Å². The normalized spacial score (nSPS) is 16.2. The van der Waals surface area contributed by atoms with Gasteiger partial charge in [-0.15, -0.1) is 0 Å². The monoisotopic (exact) mass is 316 g/mol. The predicted molar refractivity (Wildman–Crippen MR) is 79.7 cm³/mol. The van der Waals surface area contributed by atoms with Crippen molar-refractivity contribution in [2.45, 2.75) is 38.1 Å². The van der Waals surface area contributed by atoms with Crippen LogP contribution >= 0.6 is 0 Å². The SMILES string of the molecule is Cc1nc(C2(NC(=O)c3ccc([N+](=O)[O-])cc3)CCCC2)no1. The first-order chi connectivity index (χ1) is 11.0. The largest absolute Gasteiger partial charge is 0.340 e. The lowest BCUT2D eigenvalue weighted by atomic mass is 9.96. The molecule has 0 radical (unpaired) electrons. The third-order valence-electron chi connectivity index (χ3n) is 4.11. The van der Waals surface area contributed by atoms with Crippen LogP contribution in [0.25, 0.3) is 0 Å². The van der Waals surface area contributed by atoms with Crippen LogP contribution in [0.5, 0.6) is 0 Å². The second-order valence-electron chi connectivity index (χ2n) is 5.68. The summed E-state index contributed by atoms with van der Waals surface area (Å²) in [6.07, 6.45) is 3.41. The first kappa shape index (κ1) is 15.1. The van der Waals surface area contributed by atoms with Gasteiger partial charge in [0.1, 0.15) is 5.54 Å². The van der Waals surface area contributed by atoms with Gasteiger partial charge in [0.2, 0.25) is 5.89 Å². The van der Waals surface area contributed by atoms with Crippen molar-refractivity contribution in [2.24, 2.45) is 0 Å². The average Bonchev–Trinajstić information content (AvgIpc) is 3.17. The summed E-state index contributed by atoms with van der Waals surface area (Å²) in [5, 5.41) is 17.6. The van der Waals surface area contributed by atoms with E-state index in [4.69, 9.17) is 4.52 Å². The zero-order chi connectivity index (χ0) is 16.4. The Morgan fingerprint density at radius 2 is 1.96 bits per heavy atom. The van der Waals surface area contributed by atoms with Crippen LogP contribution in [0, 0.1) is 17.0 Å². The zero-order valence-electron chi connectivity index (χ0n) is 12.6. The highest BCUT2D eigenvalue weighted by Gasteiger charge is 2.41. The molecule has 23 heavy (non-hydrogen) atoms. The van der Waals surface area contributed by atoms with Crippen LogP contribution in [0.3, 0.4) is 0 Å². The van der Waals surface area contributed by atoms with Crippen molar-refractivity contribution in [3.05, 3.63) is 51.7 Å². The number of hydrogen-bond acceptors (Lipinski definition) is 6. The van der Waals surface area contributed by atoms with Crippen LogP contribution in [0.4, 0.5) is 5.69 Å². The molecule has 1 aliphatic carbocycles. The summed E-state index contributed by atoms with van der Waals surface area (Å²) >= 11 is 0. The standard InChI is InChI=1S/C15H16N4O4/c1-10-16-14(18-23-10)15(8-2-3-9-15)17-13(20)11-4-6-12(7-5-11)19(21)22/h4-7H,2-3,8-9H2,1H3,(H,17,20). The topological polar surface area (TPSA) is 111 Å². The van der Waals surface area contributed by atoms with Crippen molar-refractivity contribution in [2.75, 3.05) is 0 Å². The molecule has 0 aliphatic heterocycles. The number of amides is 1. The van der Waals surface area contributed by atoms with Crippen LogP contribution in [0.2, 0.25) is 0 Å². The molecular formula is C15H16N4O4. The van der Waals surface area contributed by atoms with Gasteiger partial charge in [-0.05, 0) is 25.0 Å². The molecule has 1 aliphatic rings. The molecule has 1 heterocycles. The number of benzene rings is 1. The molecular weight excluding hydrogens is 300 g/mol. The van der Waals surface area contributed by atoms with Gasteiger partial charge in [0, 0.05) is 24.6 Å². The quantitative estimate of drug-likeness (QED) is 0.685. The van der Waals surface area contributed by atoms with Crippen molar-refractivity contribution < 1.29 is 14.2 Å². The number of aromatic nitrogens is 2. The fourth-order valence-corrected chi connectivity index (χ4v) is 2.90. The van der Waals surface area contributed by atoms with E-state index in [9.17, 15) is 14.9 Å². The van der Waals surface area contributed by atoms with Gasteiger partial charge < -0.3 is 9.84 Å². The summed E-state index contributed by atoms with van der Waals surface area (Å²) in [5.41, 5.74) is -0.315. The Bertz CT molecular complexity index is 732. The van der Waals surface area contributed by atoms with Crippen molar-refractivity contribution in [3.63, 3.8) is 0 Å². The van der Waals surface area contributed by atoms with Crippen molar-refractivity contribution in [3.8, 4) is 0 Å². The smallest absolute Gasteiger partial charge is 0.269 e. The van der Waals surface area contributed by atoms with Gasteiger partial charge in [-0.3, -0.25) is 14.9 Å². The molecule has 1 fully saturated rings. The Balaban J connectivity index is 1.83. The molecule has 120 valence electrons. The molecule has 0 spiro atoms. The zero-order valence-corrected chi connectivity index (χ0v) is 12.6. The number of nitrogens with one attached hydrogen (secondary N) is 1. The number of rotatable bonds is 4. The Kier molecular flexibility index (Phi) is 3.81. The Morgan fingerprint density at radius 3 is 2.48 bits per heavy atom. The Morgan fingerprint density at radius 1 is 1.30 bits per heavy atom. The molecule has 1 saturated carbocycles. The Hall–Kier alpha value is -2.77. The average molecular weight is 316 g/mol. The highest BCUT2D eigenvalue weighted by atomic mass is 16.6. The molecule has 2 aromatic rings. The molecule has 0 saturated heterocycles. The van der Waals surface area contributed by atoms with Crippen molar-refractivity contribution in [1.29, 1.82) is 0 Å². The molecule has 1 N–H and O–H groups in total. The summed E-state index contributed by atoms with van der Waals surface area (Å²) in [5.74, 6) is 0.642. The minimum atomic E-state index is -0.628. The Labute approximate surface area is 132 Å². The van der Waals surface area contributed by atoms with Gasteiger partial charge in [-0.1, -0.05) is 18.0 Å². The molecule has 1 aromatic heterocycles. The van der Waals surface area contributed by atoms with Gasteiger partial charge in [0.15, 0.2) is 5.82 Å². The fraction of sp³-hybridized carbons (Fsp3) is 0.400. The maximum Gasteiger partial charge on any atom is 0.269 e. The number of non-ortho nitro benzene ring substituents is 1. The van der Waals surface area contributed by atoms with Gasteiger partial charge in [0.25, 0.3) is 11.6 Å². The summed E-state index contributed by atoms with van der Waals surface area (Å²) in [4.78, 5) is 26.9. The number of aryl methyl sites for hydroxylation is 1. The maximum atomic E-state index is 12.5. The number of carbonyl (C=O) groups is 1. The highest BCUT2D eigenvalue weighted by molar-refractivity contribution is 5.95. The second kappa shape index (κ2) is 5.79. The molecule has 8 nitrogen and oxygen atoms in total. The van der Waals surface area contributed by atoms with Crippen LogP contribution in [-0.4, -0.2) is 21.0 Å². The number of nitro groups is 1. The number of nitro benzene ring substituents is 1. The molecule has 3 rings (SSSR count). The maximum absolute atomic E-state index is 12.5. The predicted octanol–water partition coefficient (Wildman–Crippen LogP) is 2.49. The van der Waals surface area contributed by atoms with Crippen molar-refractivity contribution >= 4 is 11.6 Å². The molecule has 1 aromatic carbocycles. The van der Waals surface area contributed by atoms with Gasteiger partial charge in [-0.2, -0.15) is 4.98 Å². The van der Waals surface area contributed by atoms with E-state index in [1.54, 1.807) is 6.92 Å².